The quantitative estimate of drug-likeness (QED) is 0.664. The molecule has 2 aromatic rings. The number of hydrogen-bond donors (Lipinski definition) is 1. The van der Waals surface area contributed by atoms with E-state index in [1.807, 2.05) is 0 Å². The molecule has 1 aromatic carbocycles. The summed E-state index contributed by atoms with van der Waals surface area (Å²) in [5, 5.41) is 13.5. The van der Waals surface area contributed by atoms with Crippen molar-refractivity contribution in [2.75, 3.05) is 7.05 Å². The number of aromatic nitrogens is 1. The number of halogens is 1. The van der Waals surface area contributed by atoms with Gasteiger partial charge in [0, 0.05) is 11.6 Å². The van der Waals surface area contributed by atoms with Gasteiger partial charge in [-0.3, -0.25) is 10.1 Å². The Morgan fingerprint density at radius 3 is 2.94 bits per heavy atom. The van der Waals surface area contributed by atoms with Crippen molar-refractivity contribution in [1.82, 2.24) is 10.3 Å². The van der Waals surface area contributed by atoms with Crippen molar-refractivity contribution in [3.8, 4) is 11.3 Å². The highest BCUT2D eigenvalue weighted by atomic mass is 19.1. The molecular formula is C11H10FN3O3. The van der Waals surface area contributed by atoms with E-state index in [0.717, 1.165) is 12.1 Å². The van der Waals surface area contributed by atoms with Crippen LogP contribution in [0.2, 0.25) is 0 Å². The molecule has 0 saturated carbocycles. The Kier molecular flexibility index (Phi) is 3.33. The lowest BCUT2D eigenvalue weighted by molar-refractivity contribution is -0.385. The lowest BCUT2D eigenvalue weighted by Gasteiger charge is -1.98. The third kappa shape index (κ3) is 2.51. The van der Waals surface area contributed by atoms with Gasteiger partial charge in [0.1, 0.15) is 5.82 Å². The van der Waals surface area contributed by atoms with Crippen LogP contribution in [0.4, 0.5) is 10.1 Å². The fraction of sp³-hybridized carbons (Fsp3) is 0.182. The highest BCUT2D eigenvalue weighted by Gasteiger charge is 2.13. The van der Waals surface area contributed by atoms with E-state index in [1.165, 1.54) is 12.3 Å². The van der Waals surface area contributed by atoms with Gasteiger partial charge in [-0.25, -0.2) is 9.37 Å². The van der Waals surface area contributed by atoms with Gasteiger partial charge in [0.25, 0.3) is 5.69 Å². The summed E-state index contributed by atoms with van der Waals surface area (Å²) in [5.41, 5.74) is -0.0341. The van der Waals surface area contributed by atoms with Gasteiger partial charge in [-0.15, -0.1) is 0 Å². The zero-order valence-corrected chi connectivity index (χ0v) is 9.51. The zero-order valence-electron chi connectivity index (χ0n) is 9.51. The number of non-ortho nitro benzene ring substituents is 1. The molecule has 0 amide bonds. The molecule has 7 heteroatoms. The monoisotopic (exact) mass is 251 g/mol. The molecule has 0 aliphatic rings. The molecule has 1 aromatic heterocycles. The van der Waals surface area contributed by atoms with Crippen molar-refractivity contribution in [3.63, 3.8) is 0 Å². The molecule has 0 atom stereocenters. The second-order valence-corrected chi connectivity index (χ2v) is 3.60. The fourth-order valence-electron chi connectivity index (χ4n) is 1.50. The predicted octanol–water partition coefficient (Wildman–Crippen LogP) is 2.11. The van der Waals surface area contributed by atoms with Crippen LogP contribution < -0.4 is 5.32 Å². The highest BCUT2D eigenvalue weighted by molar-refractivity contribution is 5.60. The van der Waals surface area contributed by atoms with E-state index in [9.17, 15) is 14.5 Å². The summed E-state index contributed by atoms with van der Waals surface area (Å²) in [4.78, 5) is 13.9. The van der Waals surface area contributed by atoms with E-state index >= 15 is 0 Å². The molecule has 0 unspecified atom stereocenters. The van der Waals surface area contributed by atoms with Crippen molar-refractivity contribution in [1.29, 1.82) is 0 Å². The zero-order chi connectivity index (χ0) is 13.1. The van der Waals surface area contributed by atoms with Gasteiger partial charge in [0.2, 0.25) is 5.89 Å². The maximum absolute atomic E-state index is 13.2. The smallest absolute Gasteiger partial charge is 0.273 e. The van der Waals surface area contributed by atoms with Crippen LogP contribution in [0.1, 0.15) is 5.89 Å². The molecule has 0 fully saturated rings. The van der Waals surface area contributed by atoms with E-state index in [4.69, 9.17) is 4.42 Å². The number of nitrogens with one attached hydrogen (secondary N) is 1. The van der Waals surface area contributed by atoms with Gasteiger partial charge in [0.05, 0.1) is 23.7 Å². The Morgan fingerprint density at radius 2 is 2.28 bits per heavy atom. The van der Waals surface area contributed by atoms with E-state index in [2.05, 4.69) is 10.3 Å². The van der Waals surface area contributed by atoms with Crippen LogP contribution in [0.25, 0.3) is 11.3 Å². The van der Waals surface area contributed by atoms with Crippen LogP contribution in [-0.2, 0) is 6.54 Å². The van der Waals surface area contributed by atoms with Gasteiger partial charge in [0.15, 0.2) is 5.76 Å². The number of oxazole rings is 1. The summed E-state index contributed by atoms with van der Waals surface area (Å²) in [6, 6.07) is 3.26. The summed E-state index contributed by atoms with van der Waals surface area (Å²) in [6.07, 6.45) is 1.41. The summed E-state index contributed by atoms with van der Waals surface area (Å²) >= 11 is 0. The average molecular weight is 251 g/mol. The maximum atomic E-state index is 13.2. The summed E-state index contributed by atoms with van der Waals surface area (Å²) in [6.45, 7) is 0.428. The van der Waals surface area contributed by atoms with Crippen molar-refractivity contribution in [3.05, 3.63) is 46.2 Å². The lowest BCUT2D eigenvalue weighted by atomic mass is 10.1. The first kappa shape index (κ1) is 12.2. The number of nitrogens with zero attached hydrogens (tertiary/aromatic N) is 2. The molecule has 1 N–H and O–H groups in total. The van der Waals surface area contributed by atoms with E-state index < -0.39 is 10.7 Å². The van der Waals surface area contributed by atoms with Gasteiger partial charge in [-0.05, 0) is 13.1 Å². The van der Waals surface area contributed by atoms with Crippen LogP contribution in [0.3, 0.4) is 0 Å². The molecule has 94 valence electrons. The van der Waals surface area contributed by atoms with Crippen LogP contribution in [0, 0.1) is 15.9 Å². The predicted molar refractivity (Wildman–Crippen MR) is 61.3 cm³/mol. The largest absolute Gasteiger partial charge is 0.439 e. The van der Waals surface area contributed by atoms with Gasteiger partial charge in [-0.2, -0.15) is 0 Å². The minimum atomic E-state index is -0.689. The second-order valence-electron chi connectivity index (χ2n) is 3.60. The molecule has 1 heterocycles. The molecule has 0 bridgehead atoms. The first-order valence-corrected chi connectivity index (χ1v) is 5.15. The van der Waals surface area contributed by atoms with Crippen molar-refractivity contribution >= 4 is 5.69 Å². The molecule has 0 aliphatic carbocycles. The molecule has 0 aliphatic heterocycles. The van der Waals surface area contributed by atoms with Gasteiger partial charge >= 0.3 is 0 Å². The number of rotatable bonds is 4. The molecule has 0 spiro atoms. The van der Waals surface area contributed by atoms with Crippen LogP contribution in [0.15, 0.2) is 28.8 Å². The normalized spacial score (nSPS) is 10.6. The van der Waals surface area contributed by atoms with Crippen molar-refractivity contribution < 1.29 is 13.7 Å². The van der Waals surface area contributed by atoms with Crippen molar-refractivity contribution in [2.45, 2.75) is 6.54 Å². The SMILES string of the molecule is CNCc1ncc(-c2cc(F)cc([N+](=O)[O-])c2)o1. The molecule has 0 radical (unpaired) electrons. The Hall–Kier alpha value is -2.28. The second kappa shape index (κ2) is 4.92. The molecule has 2 rings (SSSR count). The minimum Gasteiger partial charge on any atom is -0.439 e. The standard InChI is InChI=1S/C11H10FN3O3/c1-13-6-11-14-5-10(18-11)7-2-8(12)4-9(3-7)15(16)17/h2-5,13H,6H2,1H3. The van der Waals surface area contributed by atoms with Crippen LogP contribution >= 0.6 is 0 Å². The Labute approximate surface area is 102 Å². The molecular weight excluding hydrogens is 241 g/mol. The van der Waals surface area contributed by atoms with Gasteiger partial charge < -0.3 is 9.73 Å². The summed E-state index contributed by atoms with van der Waals surface area (Å²) in [7, 11) is 1.73. The average Bonchev–Trinajstić information content (AvgIpc) is 2.77. The Morgan fingerprint density at radius 1 is 1.50 bits per heavy atom. The van der Waals surface area contributed by atoms with Crippen molar-refractivity contribution in [2.24, 2.45) is 0 Å². The number of nitro groups is 1. The van der Waals surface area contributed by atoms with Gasteiger partial charge in [-0.1, -0.05) is 0 Å². The third-order valence-electron chi connectivity index (χ3n) is 2.26. The Balaban J connectivity index is 2.39. The number of nitro benzene ring substituents is 1. The molecule has 6 nitrogen and oxygen atoms in total. The lowest BCUT2D eigenvalue weighted by Crippen LogP contribution is -2.04. The number of benzene rings is 1. The molecule has 18 heavy (non-hydrogen) atoms. The summed E-state index contributed by atoms with van der Waals surface area (Å²) in [5.74, 6) is 0.0352. The topological polar surface area (TPSA) is 81.2 Å². The summed E-state index contributed by atoms with van der Waals surface area (Å²) < 4.78 is 18.6. The molecule has 0 saturated heterocycles. The van der Waals surface area contributed by atoms with Crippen LogP contribution in [0.5, 0.6) is 0 Å². The Bertz CT molecular complexity index is 583. The number of hydrogen-bond acceptors (Lipinski definition) is 5. The first-order valence-electron chi connectivity index (χ1n) is 5.15. The van der Waals surface area contributed by atoms with Crippen LogP contribution in [-0.4, -0.2) is 17.0 Å². The maximum Gasteiger partial charge on any atom is 0.273 e. The van der Waals surface area contributed by atoms with E-state index in [-0.39, 0.29) is 11.3 Å². The highest BCUT2D eigenvalue weighted by Crippen LogP contribution is 2.26. The fourth-order valence-corrected chi connectivity index (χ4v) is 1.50. The first-order chi connectivity index (χ1) is 8.60. The van der Waals surface area contributed by atoms with E-state index in [1.54, 1.807) is 7.05 Å². The minimum absolute atomic E-state index is 0.288. The third-order valence-corrected chi connectivity index (χ3v) is 2.26. The van der Waals surface area contributed by atoms with E-state index in [0.29, 0.717) is 18.2 Å².